The van der Waals surface area contributed by atoms with Gasteiger partial charge in [-0.1, -0.05) is 6.07 Å². The van der Waals surface area contributed by atoms with Crippen molar-refractivity contribution in [1.82, 2.24) is 0 Å². The fourth-order valence-corrected chi connectivity index (χ4v) is 1.81. The Morgan fingerprint density at radius 2 is 1.88 bits per heavy atom. The van der Waals surface area contributed by atoms with Gasteiger partial charge in [0.2, 0.25) is 0 Å². The maximum Gasteiger partial charge on any atom is 0.573 e. The Labute approximate surface area is 95.7 Å². The Morgan fingerprint density at radius 1 is 1.25 bits per heavy atom. The highest BCUT2D eigenvalue weighted by Gasteiger charge is 2.32. The molecule has 0 aliphatic rings. The number of ether oxygens (including phenoxy) is 2. The van der Waals surface area contributed by atoms with Crippen LogP contribution in [0.3, 0.4) is 0 Å². The lowest BCUT2D eigenvalue weighted by Gasteiger charge is -2.14. The van der Waals surface area contributed by atoms with Crippen LogP contribution in [0.2, 0.25) is 0 Å². The minimum absolute atomic E-state index is 0.231. The molecule has 0 aliphatic heterocycles. The number of alkyl halides is 3. The van der Waals surface area contributed by atoms with Crippen LogP contribution in [-0.4, -0.2) is 19.2 Å². The second-order valence-corrected chi connectivity index (χ2v) is 3.58. The summed E-state index contributed by atoms with van der Waals surface area (Å²) in [5.74, 6) is 0.169. The van der Waals surface area contributed by atoms with Crippen LogP contribution in [0.25, 0.3) is 0 Å². The Bertz CT molecular complexity index is 352. The molecule has 0 aromatic heterocycles. The van der Waals surface area contributed by atoms with E-state index >= 15 is 0 Å². The molecule has 90 valence electrons. The Kier molecular flexibility index (Phi) is 4.35. The first kappa shape index (κ1) is 13.0. The molecule has 0 unspecified atom stereocenters. The van der Waals surface area contributed by atoms with Crippen molar-refractivity contribution < 1.29 is 22.6 Å². The smallest absolute Gasteiger partial charge is 0.493 e. The predicted octanol–water partition coefficient (Wildman–Crippen LogP) is 3.71. The number of benzene rings is 1. The van der Waals surface area contributed by atoms with Crippen molar-refractivity contribution in [3.8, 4) is 11.5 Å². The lowest BCUT2D eigenvalue weighted by molar-refractivity contribution is -0.275. The molecule has 1 aromatic rings. The molecule has 0 aliphatic carbocycles. The standard InChI is InChI=1S/C10H11F3O2S/c1-3-14-7-5-4-6-8(9(7)16-2)15-10(11,12)13/h4-6H,3H2,1-2H3. The van der Waals surface area contributed by atoms with E-state index in [2.05, 4.69) is 4.74 Å². The van der Waals surface area contributed by atoms with Gasteiger partial charge in [0, 0.05) is 0 Å². The summed E-state index contributed by atoms with van der Waals surface area (Å²) in [5.41, 5.74) is 0. The van der Waals surface area contributed by atoms with Crippen molar-refractivity contribution >= 4 is 11.8 Å². The summed E-state index contributed by atoms with van der Waals surface area (Å²) >= 11 is 1.15. The number of halogens is 3. The number of hydrogen-bond acceptors (Lipinski definition) is 3. The molecule has 0 heterocycles. The molecule has 0 saturated carbocycles. The van der Waals surface area contributed by atoms with E-state index < -0.39 is 6.36 Å². The Balaban J connectivity index is 3.04. The average Bonchev–Trinajstić information content (AvgIpc) is 2.16. The van der Waals surface area contributed by atoms with Crippen molar-refractivity contribution in [3.63, 3.8) is 0 Å². The fraction of sp³-hybridized carbons (Fsp3) is 0.400. The molecule has 0 radical (unpaired) electrons. The van der Waals surface area contributed by atoms with E-state index in [4.69, 9.17) is 4.74 Å². The van der Waals surface area contributed by atoms with Crippen molar-refractivity contribution in [2.24, 2.45) is 0 Å². The summed E-state index contributed by atoms with van der Waals surface area (Å²) in [6.07, 6.45) is -3.02. The molecule has 0 fully saturated rings. The van der Waals surface area contributed by atoms with Crippen LogP contribution in [0, 0.1) is 0 Å². The van der Waals surface area contributed by atoms with E-state index in [1.54, 1.807) is 19.2 Å². The number of hydrogen-bond donors (Lipinski definition) is 0. The summed E-state index contributed by atoms with van der Waals surface area (Å²) in [6, 6.07) is 4.34. The summed E-state index contributed by atoms with van der Waals surface area (Å²) in [5, 5.41) is 0. The SMILES string of the molecule is CCOc1cccc(OC(F)(F)F)c1SC. The van der Waals surface area contributed by atoms with E-state index in [-0.39, 0.29) is 5.75 Å². The van der Waals surface area contributed by atoms with Crippen LogP contribution < -0.4 is 9.47 Å². The zero-order chi connectivity index (χ0) is 12.2. The monoisotopic (exact) mass is 252 g/mol. The van der Waals surface area contributed by atoms with Crippen LogP contribution >= 0.6 is 11.8 Å². The van der Waals surface area contributed by atoms with Gasteiger partial charge in [0.05, 0.1) is 11.5 Å². The van der Waals surface area contributed by atoms with Gasteiger partial charge < -0.3 is 9.47 Å². The fourth-order valence-electron chi connectivity index (χ4n) is 1.17. The first-order valence-corrected chi connectivity index (χ1v) is 5.76. The van der Waals surface area contributed by atoms with E-state index in [0.29, 0.717) is 17.3 Å². The van der Waals surface area contributed by atoms with Crippen molar-refractivity contribution in [2.45, 2.75) is 18.2 Å². The minimum Gasteiger partial charge on any atom is -0.493 e. The van der Waals surface area contributed by atoms with Gasteiger partial charge in [0.1, 0.15) is 11.5 Å². The summed E-state index contributed by atoms with van der Waals surface area (Å²) in [6.45, 7) is 2.16. The molecule has 2 nitrogen and oxygen atoms in total. The lowest BCUT2D eigenvalue weighted by Crippen LogP contribution is -2.17. The Hall–Kier alpha value is -1.04. The van der Waals surface area contributed by atoms with Gasteiger partial charge >= 0.3 is 6.36 Å². The molecule has 16 heavy (non-hydrogen) atoms. The van der Waals surface area contributed by atoms with E-state index in [0.717, 1.165) is 11.8 Å². The van der Waals surface area contributed by atoms with Gasteiger partial charge in [-0.15, -0.1) is 24.9 Å². The molecule has 1 rings (SSSR count). The van der Waals surface area contributed by atoms with Gasteiger partial charge in [-0.25, -0.2) is 0 Å². The van der Waals surface area contributed by atoms with E-state index in [9.17, 15) is 13.2 Å². The largest absolute Gasteiger partial charge is 0.573 e. The van der Waals surface area contributed by atoms with Gasteiger partial charge in [-0.05, 0) is 25.3 Å². The van der Waals surface area contributed by atoms with Crippen LogP contribution in [0.5, 0.6) is 11.5 Å². The second-order valence-electron chi connectivity index (χ2n) is 2.77. The van der Waals surface area contributed by atoms with Crippen molar-refractivity contribution in [2.75, 3.05) is 12.9 Å². The quantitative estimate of drug-likeness (QED) is 0.761. The molecule has 6 heteroatoms. The summed E-state index contributed by atoms with van der Waals surface area (Å²) in [7, 11) is 0. The van der Waals surface area contributed by atoms with Gasteiger partial charge in [0.15, 0.2) is 0 Å². The molecule has 0 amide bonds. The number of rotatable bonds is 4. The first-order valence-electron chi connectivity index (χ1n) is 4.53. The highest BCUT2D eigenvalue weighted by atomic mass is 32.2. The molecule has 0 bridgehead atoms. The Morgan fingerprint density at radius 3 is 2.38 bits per heavy atom. The lowest BCUT2D eigenvalue weighted by atomic mass is 10.3. The molecule has 0 spiro atoms. The maximum atomic E-state index is 12.1. The third-order valence-electron chi connectivity index (χ3n) is 1.67. The molecule has 1 aromatic carbocycles. The third kappa shape index (κ3) is 3.52. The van der Waals surface area contributed by atoms with Crippen LogP contribution in [-0.2, 0) is 0 Å². The van der Waals surface area contributed by atoms with Crippen LogP contribution in [0.15, 0.2) is 23.1 Å². The normalized spacial score (nSPS) is 11.3. The van der Waals surface area contributed by atoms with Gasteiger partial charge in [0.25, 0.3) is 0 Å². The molecule has 0 N–H and O–H groups in total. The van der Waals surface area contributed by atoms with Crippen LogP contribution in [0.4, 0.5) is 13.2 Å². The van der Waals surface area contributed by atoms with E-state index in [1.165, 1.54) is 12.1 Å². The maximum absolute atomic E-state index is 12.1. The predicted molar refractivity (Wildman–Crippen MR) is 56.1 cm³/mol. The average molecular weight is 252 g/mol. The van der Waals surface area contributed by atoms with E-state index in [1.807, 2.05) is 0 Å². The van der Waals surface area contributed by atoms with Gasteiger partial charge in [-0.3, -0.25) is 0 Å². The highest BCUT2D eigenvalue weighted by molar-refractivity contribution is 7.98. The summed E-state index contributed by atoms with van der Waals surface area (Å²) in [4.78, 5) is 0.349. The molecular weight excluding hydrogens is 241 g/mol. The zero-order valence-corrected chi connectivity index (χ0v) is 9.61. The summed E-state index contributed by atoms with van der Waals surface area (Å²) < 4.78 is 45.4. The molecular formula is C10H11F3O2S. The van der Waals surface area contributed by atoms with Crippen LogP contribution in [0.1, 0.15) is 6.92 Å². The third-order valence-corrected chi connectivity index (χ3v) is 2.48. The molecule has 0 saturated heterocycles. The first-order chi connectivity index (χ1) is 7.48. The van der Waals surface area contributed by atoms with Crippen molar-refractivity contribution in [1.29, 1.82) is 0 Å². The zero-order valence-electron chi connectivity index (χ0n) is 8.80. The molecule has 0 atom stereocenters. The topological polar surface area (TPSA) is 18.5 Å². The highest BCUT2D eigenvalue weighted by Crippen LogP contribution is 2.38. The number of thioether (sulfide) groups is 1. The minimum atomic E-state index is -4.69. The second kappa shape index (κ2) is 5.34. The van der Waals surface area contributed by atoms with Gasteiger partial charge in [-0.2, -0.15) is 0 Å². The van der Waals surface area contributed by atoms with Crippen molar-refractivity contribution in [3.05, 3.63) is 18.2 Å².